The van der Waals surface area contributed by atoms with Crippen LogP contribution >= 0.6 is 0 Å². The number of carbonyl (C=O) groups is 1. The van der Waals surface area contributed by atoms with Gasteiger partial charge in [-0.25, -0.2) is 4.79 Å². The van der Waals surface area contributed by atoms with Crippen molar-refractivity contribution < 1.29 is 14.1 Å². The Labute approximate surface area is 188 Å². The Morgan fingerprint density at radius 2 is 2.06 bits per heavy atom. The normalized spacial score (nSPS) is 17.4. The topological polar surface area (TPSA) is 80.5 Å². The number of nitrogens with zero attached hydrogens (tertiary/aromatic N) is 3. The molecular formula is C25H28N4O3. The Morgan fingerprint density at radius 3 is 2.75 bits per heavy atom. The van der Waals surface area contributed by atoms with Crippen molar-refractivity contribution in [3.8, 4) is 11.5 Å². The molecule has 1 aromatic carbocycles. The molecule has 1 aliphatic rings. The number of aryl methyl sites for hydroxylation is 2. The number of piperidine rings is 1. The third-order valence-electron chi connectivity index (χ3n) is 5.80. The first-order chi connectivity index (χ1) is 15.4. The second-order valence-electron chi connectivity index (χ2n) is 8.27. The van der Waals surface area contributed by atoms with Crippen LogP contribution in [0.1, 0.15) is 35.9 Å². The molecule has 7 heteroatoms. The molecule has 32 heavy (non-hydrogen) atoms. The molecule has 3 heterocycles. The minimum atomic E-state index is -0.144. The number of ether oxygens (including phenoxy) is 1. The van der Waals surface area contributed by atoms with Gasteiger partial charge < -0.3 is 14.2 Å². The first-order valence-corrected chi connectivity index (χ1v) is 10.8. The highest BCUT2D eigenvalue weighted by Crippen LogP contribution is 2.28. The molecule has 1 N–H and O–H groups in total. The average Bonchev–Trinajstić information content (AvgIpc) is 3.09. The Balaban J connectivity index is 1.40. The number of amides is 2. The maximum Gasteiger partial charge on any atom is 0.323 e. The number of likely N-dealkylation sites (tertiary alicyclic amines) is 1. The van der Waals surface area contributed by atoms with Crippen molar-refractivity contribution in [1.82, 2.24) is 15.0 Å². The standard InChI is InChI=1S/C25H28N4O3/c1-16-15-29(25(30)27-24-18(3)19(4)32-28-24)11-10-21(16)12-20-6-5-7-22(13-20)31-23-9-8-17(2)26-14-23/h5-9,12-14,16H,10-11,15H2,1-4H3,(H,27,28,30)/b21-12+. The molecule has 3 aromatic rings. The highest BCUT2D eigenvalue weighted by atomic mass is 16.5. The first-order valence-electron chi connectivity index (χ1n) is 10.8. The third-order valence-corrected chi connectivity index (χ3v) is 5.80. The SMILES string of the molecule is Cc1ccc(Oc2cccc(/C=C3\CCN(C(=O)Nc4noc(C)c4C)CC3C)c2)cn1. The summed E-state index contributed by atoms with van der Waals surface area (Å²) in [4.78, 5) is 18.8. The average molecular weight is 433 g/mol. The molecular weight excluding hydrogens is 404 g/mol. The Bertz CT molecular complexity index is 1130. The lowest BCUT2D eigenvalue weighted by atomic mass is 9.91. The van der Waals surface area contributed by atoms with Crippen LogP contribution in [0, 0.1) is 26.7 Å². The van der Waals surface area contributed by atoms with Gasteiger partial charge in [-0.05, 0) is 62.9 Å². The fourth-order valence-electron chi connectivity index (χ4n) is 3.70. The third kappa shape index (κ3) is 4.99. The van der Waals surface area contributed by atoms with Gasteiger partial charge in [-0.1, -0.05) is 35.9 Å². The molecule has 2 aromatic heterocycles. The predicted octanol–water partition coefficient (Wildman–Crippen LogP) is 5.74. The van der Waals surface area contributed by atoms with Gasteiger partial charge in [0.2, 0.25) is 0 Å². The summed E-state index contributed by atoms with van der Waals surface area (Å²) in [5.74, 6) is 2.93. The van der Waals surface area contributed by atoms with E-state index >= 15 is 0 Å². The van der Waals surface area contributed by atoms with E-state index in [9.17, 15) is 4.79 Å². The van der Waals surface area contributed by atoms with Gasteiger partial charge in [0.15, 0.2) is 5.82 Å². The number of aromatic nitrogens is 2. The summed E-state index contributed by atoms with van der Waals surface area (Å²) in [6, 6.07) is 11.7. The Kier molecular flexibility index (Phi) is 6.25. The van der Waals surface area contributed by atoms with E-state index in [0.717, 1.165) is 29.0 Å². The lowest BCUT2D eigenvalue weighted by Crippen LogP contribution is -2.42. The zero-order chi connectivity index (χ0) is 22.7. The number of nitrogens with one attached hydrogen (secondary N) is 1. The lowest BCUT2D eigenvalue weighted by Gasteiger charge is -2.33. The number of hydrogen-bond acceptors (Lipinski definition) is 5. The van der Waals surface area contributed by atoms with E-state index in [2.05, 4.69) is 34.5 Å². The molecule has 0 radical (unpaired) electrons. The molecule has 0 aliphatic carbocycles. The first kappa shape index (κ1) is 21.6. The minimum absolute atomic E-state index is 0.144. The fraction of sp³-hybridized carbons (Fsp3) is 0.320. The molecule has 1 unspecified atom stereocenters. The number of rotatable bonds is 4. The van der Waals surface area contributed by atoms with E-state index < -0.39 is 0 Å². The molecule has 0 bridgehead atoms. The highest BCUT2D eigenvalue weighted by molar-refractivity contribution is 5.89. The highest BCUT2D eigenvalue weighted by Gasteiger charge is 2.25. The van der Waals surface area contributed by atoms with Crippen LogP contribution in [0.25, 0.3) is 6.08 Å². The number of benzene rings is 1. The number of urea groups is 1. The van der Waals surface area contributed by atoms with Crippen LogP contribution in [-0.2, 0) is 0 Å². The van der Waals surface area contributed by atoms with E-state index in [4.69, 9.17) is 9.26 Å². The van der Waals surface area contributed by atoms with Crippen molar-refractivity contribution in [3.63, 3.8) is 0 Å². The second kappa shape index (κ2) is 9.26. The Morgan fingerprint density at radius 1 is 1.22 bits per heavy atom. The van der Waals surface area contributed by atoms with Gasteiger partial charge in [-0.15, -0.1) is 0 Å². The summed E-state index contributed by atoms with van der Waals surface area (Å²) in [6.45, 7) is 9.12. The second-order valence-corrected chi connectivity index (χ2v) is 8.27. The van der Waals surface area contributed by atoms with Crippen molar-refractivity contribution in [2.45, 2.75) is 34.1 Å². The van der Waals surface area contributed by atoms with E-state index in [1.807, 2.05) is 56.0 Å². The van der Waals surface area contributed by atoms with Gasteiger partial charge in [-0.2, -0.15) is 0 Å². The molecule has 7 nitrogen and oxygen atoms in total. The van der Waals surface area contributed by atoms with E-state index in [-0.39, 0.29) is 11.9 Å². The molecule has 166 valence electrons. The molecule has 4 rings (SSSR count). The van der Waals surface area contributed by atoms with Crippen molar-refractivity contribution in [3.05, 3.63) is 70.7 Å². The number of carbonyl (C=O) groups excluding carboxylic acids is 1. The maximum absolute atomic E-state index is 12.7. The van der Waals surface area contributed by atoms with Crippen molar-refractivity contribution in [1.29, 1.82) is 0 Å². The largest absolute Gasteiger partial charge is 0.456 e. The summed E-state index contributed by atoms with van der Waals surface area (Å²) >= 11 is 0. The van der Waals surface area contributed by atoms with Crippen molar-refractivity contribution >= 4 is 17.9 Å². The van der Waals surface area contributed by atoms with E-state index in [1.54, 1.807) is 6.20 Å². The quantitative estimate of drug-likeness (QED) is 0.568. The smallest absolute Gasteiger partial charge is 0.323 e. The molecule has 0 saturated carbocycles. The number of pyridine rings is 1. The molecule has 2 amide bonds. The summed E-state index contributed by atoms with van der Waals surface area (Å²) in [5.41, 5.74) is 4.20. The predicted molar refractivity (Wildman–Crippen MR) is 124 cm³/mol. The molecule has 1 fully saturated rings. The number of hydrogen-bond donors (Lipinski definition) is 1. The fourth-order valence-corrected chi connectivity index (χ4v) is 3.70. The van der Waals surface area contributed by atoms with Gasteiger partial charge in [0.25, 0.3) is 0 Å². The van der Waals surface area contributed by atoms with Crippen LogP contribution in [0.2, 0.25) is 0 Å². The van der Waals surface area contributed by atoms with Crippen LogP contribution in [0.15, 0.2) is 52.7 Å². The van der Waals surface area contributed by atoms with Crippen LogP contribution < -0.4 is 10.1 Å². The molecule has 1 atom stereocenters. The lowest BCUT2D eigenvalue weighted by molar-refractivity contribution is 0.197. The summed E-state index contributed by atoms with van der Waals surface area (Å²) in [7, 11) is 0. The van der Waals surface area contributed by atoms with Gasteiger partial charge in [-0.3, -0.25) is 10.3 Å². The number of anilines is 1. The molecule has 1 aliphatic heterocycles. The van der Waals surface area contributed by atoms with E-state index in [0.29, 0.717) is 30.4 Å². The Hall–Kier alpha value is -3.61. The maximum atomic E-state index is 12.7. The van der Waals surface area contributed by atoms with Crippen molar-refractivity contribution in [2.24, 2.45) is 5.92 Å². The minimum Gasteiger partial charge on any atom is -0.456 e. The van der Waals surface area contributed by atoms with Crippen LogP contribution in [0.4, 0.5) is 10.6 Å². The summed E-state index contributed by atoms with van der Waals surface area (Å²) < 4.78 is 11.1. The molecule has 1 saturated heterocycles. The van der Waals surface area contributed by atoms with Crippen LogP contribution in [0.5, 0.6) is 11.5 Å². The van der Waals surface area contributed by atoms with Crippen LogP contribution in [0.3, 0.4) is 0 Å². The van der Waals surface area contributed by atoms with Gasteiger partial charge in [0.05, 0.1) is 6.20 Å². The van der Waals surface area contributed by atoms with Gasteiger partial charge >= 0.3 is 6.03 Å². The zero-order valence-electron chi connectivity index (χ0n) is 18.9. The monoisotopic (exact) mass is 432 g/mol. The van der Waals surface area contributed by atoms with Gasteiger partial charge in [0.1, 0.15) is 17.3 Å². The summed E-state index contributed by atoms with van der Waals surface area (Å²) in [6.07, 6.45) is 4.74. The van der Waals surface area contributed by atoms with Gasteiger partial charge in [0, 0.05) is 24.3 Å². The van der Waals surface area contributed by atoms with Crippen LogP contribution in [-0.4, -0.2) is 34.2 Å². The zero-order valence-corrected chi connectivity index (χ0v) is 18.9. The summed E-state index contributed by atoms with van der Waals surface area (Å²) in [5, 5.41) is 6.78. The van der Waals surface area contributed by atoms with Crippen molar-refractivity contribution in [2.75, 3.05) is 18.4 Å². The molecule has 0 spiro atoms. The van der Waals surface area contributed by atoms with E-state index in [1.165, 1.54) is 5.57 Å².